The topological polar surface area (TPSA) is 12.0 Å². The molecule has 9 heavy (non-hydrogen) atoms. The molecule has 0 aromatic carbocycles. The summed E-state index contributed by atoms with van der Waals surface area (Å²) in [5, 5.41) is 3.40. The highest BCUT2D eigenvalue weighted by molar-refractivity contribution is 7.37. The summed E-state index contributed by atoms with van der Waals surface area (Å²) in [5.41, 5.74) is 0.646. The molecule has 1 saturated heterocycles. The first-order valence-electron chi connectivity index (χ1n) is 3.62. The van der Waals surface area contributed by atoms with Crippen LogP contribution in [-0.2, 0) is 0 Å². The number of hydrogen-bond donors (Lipinski definition) is 1. The summed E-state index contributed by atoms with van der Waals surface area (Å²) in [5.74, 6) is 0. The minimum Gasteiger partial charge on any atom is -0.316 e. The Morgan fingerprint density at radius 3 is 2.89 bits per heavy atom. The van der Waals surface area contributed by atoms with Crippen LogP contribution in [0.5, 0.6) is 0 Å². The van der Waals surface area contributed by atoms with E-state index in [1.165, 1.54) is 25.7 Å². The molecule has 1 aliphatic heterocycles. The van der Waals surface area contributed by atoms with Gasteiger partial charge in [-0.25, -0.2) is 0 Å². The second-order valence-electron chi connectivity index (χ2n) is 3.27. The third-order valence-electron chi connectivity index (χ3n) is 2.06. The SMILES string of the molecule is CPCC1(C)CCNC1. The van der Waals surface area contributed by atoms with Gasteiger partial charge in [0.2, 0.25) is 0 Å². The molecule has 0 spiro atoms. The van der Waals surface area contributed by atoms with Crippen molar-refractivity contribution in [2.45, 2.75) is 13.3 Å². The Hall–Kier alpha value is 0.390. The molecule has 0 bridgehead atoms. The number of nitrogens with one attached hydrogen (secondary N) is 1. The molecule has 1 fully saturated rings. The minimum atomic E-state index is 0.646. The van der Waals surface area contributed by atoms with Crippen molar-refractivity contribution in [1.29, 1.82) is 0 Å². The highest BCUT2D eigenvalue weighted by Crippen LogP contribution is 2.29. The molecule has 0 saturated carbocycles. The molecule has 0 amide bonds. The van der Waals surface area contributed by atoms with E-state index in [0.29, 0.717) is 5.41 Å². The lowest BCUT2D eigenvalue weighted by Crippen LogP contribution is -2.21. The fraction of sp³-hybridized carbons (Fsp3) is 1.00. The molecule has 1 nitrogen and oxygen atoms in total. The van der Waals surface area contributed by atoms with Crippen LogP contribution in [0.25, 0.3) is 0 Å². The Labute approximate surface area is 59.4 Å². The minimum absolute atomic E-state index is 0.646. The van der Waals surface area contributed by atoms with Gasteiger partial charge in [-0.1, -0.05) is 6.92 Å². The summed E-state index contributed by atoms with van der Waals surface area (Å²) in [7, 11) is 1.12. The van der Waals surface area contributed by atoms with E-state index in [-0.39, 0.29) is 0 Å². The van der Waals surface area contributed by atoms with Gasteiger partial charge in [0, 0.05) is 6.54 Å². The summed E-state index contributed by atoms with van der Waals surface area (Å²) in [6.45, 7) is 7.17. The highest BCUT2D eigenvalue weighted by Gasteiger charge is 2.26. The predicted octanol–water partition coefficient (Wildman–Crippen LogP) is 1.29. The van der Waals surface area contributed by atoms with Gasteiger partial charge < -0.3 is 5.32 Å². The molecule has 1 aliphatic rings. The van der Waals surface area contributed by atoms with Crippen LogP contribution in [-0.4, -0.2) is 25.9 Å². The Balaban J connectivity index is 2.32. The first-order valence-corrected chi connectivity index (χ1v) is 5.33. The molecule has 2 unspecified atom stereocenters. The van der Waals surface area contributed by atoms with Gasteiger partial charge in [0.25, 0.3) is 0 Å². The molecule has 2 atom stereocenters. The van der Waals surface area contributed by atoms with Crippen molar-refractivity contribution in [3.63, 3.8) is 0 Å². The van der Waals surface area contributed by atoms with Crippen molar-refractivity contribution in [2.24, 2.45) is 5.41 Å². The molecule has 1 heterocycles. The van der Waals surface area contributed by atoms with E-state index in [1.807, 2.05) is 0 Å². The molecule has 0 aromatic rings. The number of hydrogen-bond acceptors (Lipinski definition) is 1. The fourth-order valence-electron chi connectivity index (χ4n) is 1.45. The predicted molar refractivity (Wildman–Crippen MR) is 44.7 cm³/mol. The van der Waals surface area contributed by atoms with Crippen molar-refractivity contribution >= 4 is 8.58 Å². The van der Waals surface area contributed by atoms with E-state index in [1.54, 1.807) is 0 Å². The maximum Gasteiger partial charge on any atom is 0.000893 e. The number of rotatable bonds is 2. The zero-order valence-electron chi connectivity index (χ0n) is 6.33. The quantitative estimate of drug-likeness (QED) is 0.577. The molecule has 54 valence electrons. The smallest absolute Gasteiger partial charge is 0.000893 e. The highest BCUT2D eigenvalue weighted by atomic mass is 31.1. The molecule has 0 aromatic heterocycles. The van der Waals surface area contributed by atoms with Gasteiger partial charge in [0.05, 0.1) is 0 Å². The summed E-state index contributed by atoms with van der Waals surface area (Å²) in [6.07, 6.45) is 2.80. The first-order chi connectivity index (χ1) is 4.27. The van der Waals surface area contributed by atoms with Crippen LogP contribution >= 0.6 is 8.58 Å². The normalized spacial score (nSPS) is 36.7. The van der Waals surface area contributed by atoms with Crippen LogP contribution in [0.4, 0.5) is 0 Å². The van der Waals surface area contributed by atoms with E-state index in [2.05, 4.69) is 18.9 Å². The zero-order valence-corrected chi connectivity index (χ0v) is 7.33. The van der Waals surface area contributed by atoms with Crippen LogP contribution in [0.1, 0.15) is 13.3 Å². The third kappa shape index (κ3) is 1.91. The molecule has 0 radical (unpaired) electrons. The van der Waals surface area contributed by atoms with Crippen LogP contribution in [0.15, 0.2) is 0 Å². The standard InChI is InChI=1S/C7H16NP/c1-7(6-9-2)3-4-8-5-7/h8-9H,3-6H2,1-2H3. The fourth-order valence-corrected chi connectivity index (χ4v) is 2.60. The van der Waals surface area contributed by atoms with Gasteiger partial charge in [-0.05, 0) is 31.2 Å². The van der Waals surface area contributed by atoms with Crippen molar-refractivity contribution in [1.82, 2.24) is 5.32 Å². The van der Waals surface area contributed by atoms with Crippen LogP contribution in [0, 0.1) is 5.41 Å². The molecule has 1 rings (SSSR count). The molecular formula is C7H16NP. The van der Waals surface area contributed by atoms with E-state index < -0.39 is 0 Å². The lowest BCUT2D eigenvalue weighted by atomic mass is 9.93. The average Bonchev–Trinajstić information content (AvgIpc) is 2.16. The van der Waals surface area contributed by atoms with Gasteiger partial charge in [0.15, 0.2) is 0 Å². The summed E-state index contributed by atoms with van der Waals surface area (Å²) in [4.78, 5) is 0. The maximum atomic E-state index is 3.40. The van der Waals surface area contributed by atoms with Gasteiger partial charge in [-0.15, -0.1) is 8.58 Å². The van der Waals surface area contributed by atoms with Crippen molar-refractivity contribution in [2.75, 3.05) is 25.9 Å². The zero-order chi connectivity index (χ0) is 6.74. The second kappa shape index (κ2) is 2.98. The third-order valence-corrected chi connectivity index (χ3v) is 3.27. The van der Waals surface area contributed by atoms with Crippen molar-refractivity contribution < 1.29 is 0 Å². The summed E-state index contributed by atoms with van der Waals surface area (Å²) in [6, 6.07) is 0. The lowest BCUT2D eigenvalue weighted by molar-refractivity contribution is 0.422. The van der Waals surface area contributed by atoms with Crippen LogP contribution < -0.4 is 5.32 Å². The van der Waals surface area contributed by atoms with E-state index in [9.17, 15) is 0 Å². The van der Waals surface area contributed by atoms with Crippen LogP contribution in [0.3, 0.4) is 0 Å². The lowest BCUT2D eigenvalue weighted by Gasteiger charge is -2.20. The van der Waals surface area contributed by atoms with E-state index in [0.717, 1.165) is 8.58 Å². The maximum absolute atomic E-state index is 3.40. The van der Waals surface area contributed by atoms with Gasteiger partial charge in [-0.2, -0.15) is 0 Å². The van der Waals surface area contributed by atoms with Gasteiger partial charge >= 0.3 is 0 Å². The van der Waals surface area contributed by atoms with Crippen molar-refractivity contribution in [3.8, 4) is 0 Å². The van der Waals surface area contributed by atoms with E-state index in [4.69, 9.17) is 0 Å². The van der Waals surface area contributed by atoms with E-state index >= 15 is 0 Å². The summed E-state index contributed by atoms with van der Waals surface area (Å²) >= 11 is 0. The Morgan fingerprint density at radius 2 is 2.44 bits per heavy atom. The van der Waals surface area contributed by atoms with Crippen molar-refractivity contribution in [3.05, 3.63) is 0 Å². The summed E-state index contributed by atoms with van der Waals surface area (Å²) < 4.78 is 0. The second-order valence-corrected chi connectivity index (χ2v) is 4.33. The Bertz CT molecular complexity index is 86.9. The monoisotopic (exact) mass is 145 g/mol. The molecule has 0 aliphatic carbocycles. The molecule has 2 heteroatoms. The molecular weight excluding hydrogens is 129 g/mol. The van der Waals surface area contributed by atoms with Gasteiger partial charge in [-0.3, -0.25) is 0 Å². The first kappa shape index (κ1) is 7.50. The Kier molecular flexibility index (Phi) is 2.49. The van der Waals surface area contributed by atoms with Gasteiger partial charge in [0.1, 0.15) is 0 Å². The largest absolute Gasteiger partial charge is 0.316 e. The average molecular weight is 145 g/mol. The Morgan fingerprint density at radius 1 is 1.67 bits per heavy atom. The molecule has 1 N–H and O–H groups in total. The van der Waals surface area contributed by atoms with Crippen LogP contribution in [0.2, 0.25) is 0 Å².